The van der Waals surface area contributed by atoms with Crippen molar-refractivity contribution in [3.05, 3.63) is 50.7 Å². The Morgan fingerprint density at radius 3 is 2.87 bits per heavy atom. The summed E-state index contributed by atoms with van der Waals surface area (Å²) in [7, 11) is 0. The van der Waals surface area contributed by atoms with Crippen LogP contribution in [0.15, 0.2) is 38.0 Å². The molecular formula is C13H10N4O6. The largest absolute Gasteiger partial charge is 0.420 e. The van der Waals surface area contributed by atoms with Crippen LogP contribution in [0.2, 0.25) is 0 Å². The predicted octanol–water partition coefficient (Wildman–Crippen LogP) is 1.44. The number of hydrogen-bond donors (Lipinski definition) is 1. The Bertz CT molecular complexity index is 966. The van der Waals surface area contributed by atoms with Crippen molar-refractivity contribution in [3.63, 3.8) is 0 Å². The lowest BCUT2D eigenvalue weighted by Crippen LogP contribution is -2.24. The monoisotopic (exact) mass is 318 g/mol. The standard InChI is InChI=1S/C13H10N4O6/c1-7-4-11(15-23-7)14-12(18)6-16-9-5-8(17(20)21)2-3-10(9)22-13(16)19/h2-5H,6H2,1H3,(H,14,15,18). The zero-order chi connectivity index (χ0) is 16.6. The number of hydrogen-bond acceptors (Lipinski definition) is 7. The number of nitro benzene ring substituents is 1. The van der Waals surface area contributed by atoms with Gasteiger partial charge in [0.25, 0.3) is 5.69 Å². The molecular weight excluding hydrogens is 308 g/mol. The number of aromatic nitrogens is 2. The Hall–Kier alpha value is -3.43. The molecule has 0 saturated carbocycles. The maximum Gasteiger partial charge on any atom is 0.420 e. The third-order valence-corrected chi connectivity index (χ3v) is 3.06. The molecule has 1 N–H and O–H groups in total. The molecule has 0 bridgehead atoms. The van der Waals surface area contributed by atoms with E-state index in [0.717, 1.165) is 4.57 Å². The summed E-state index contributed by atoms with van der Waals surface area (Å²) in [5.41, 5.74) is 0.112. The van der Waals surface area contributed by atoms with Crippen molar-refractivity contribution in [3.8, 4) is 0 Å². The van der Waals surface area contributed by atoms with Crippen molar-refractivity contribution in [2.24, 2.45) is 0 Å². The van der Waals surface area contributed by atoms with Crippen LogP contribution in [-0.2, 0) is 11.3 Å². The van der Waals surface area contributed by atoms with Crippen molar-refractivity contribution in [2.45, 2.75) is 13.5 Å². The molecule has 0 spiro atoms. The summed E-state index contributed by atoms with van der Waals surface area (Å²) in [5.74, 6) is -0.609. The van der Waals surface area contributed by atoms with Gasteiger partial charge in [-0.15, -0.1) is 0 Å². The fraction of sp³-hybridized carbons (Fsp3) is 0.154. The van der Waals surface area contributed by atoms with Gasteiger partial charge in [-0.2, -0.15) is 0 Å². The molecule has 0 fully saturated rings. The van der Waals surface area contributed by atoms with E-state index in [4.69, 9.17) is 8.94 Å². The second-order valence-corrected chi connectivity index (χ2v) is 4.73. The Morgan fingerprint density at radius 1 is 1.43 bits per heavy atom. The van der Waals surface area contributed by atoms with Crippen LogP contribution >= 0.6 is 0 Å². The van der Waals surface area contributed by atoms with Crippen LogP contribution in [0.25, 0.3) is 11.1 Å². The van der Waals surface area contributed by atoms with Crippen molar-refractivity contribution in [1.82, 2.24) is 9.72 Å². The molecule has 0 radical (unpaired) electrons. The van der Waals surface area contributed by atoms with E-state index in [9.17, 15) is 19.7 Å². The average Bonchev–Trinajstić information content (AvgIpc) is 3.02. The van der Waals surface area contributed by atoms with Gasteiger partial charge in [0.05, 0.1) is 10.4 Å². The summed E-state index contributed by atoms with van der Waals surface area (Å²) in [4.78, 5) is 34.0. The highest BCUT2D eigenvalue weighted by Gasteiger charge is 2.17. The molecule has 0 atom stereocenters. The van der Waals surface area contributed by atoms with Gasteiger partial charge in [0.1, 0.15) is 12.3 Å². The maximum atomic E-state index is 12.0. The van der Waals surface area contributed by atoms with Gasteiger partial charge >= 0.3 is 5.76 Å². The number of carbonyl (C=O) groups is 1. The molecule has 0 saturated heterocycles. The Balaban J connectivity index is 1.91. The van der Waals surface area contributed by atoms with Crippen LogP contribution in [-0.4, -0.2) is 20.6 Å². The summed E-state index contributed by atoms with van der Waals surface area (Å²) < 4.78 is 10.8. The molecule has 0 aliphatic rings. The summed E-state index contributed by atoms with van der Waals surface area (Å²) in [5, 5.41) is 16.9. The number of carbonyl (C=O) groups excluding carboxylic acids is 1. The number of oxazole rings is 1. The lowest BCUT2D eigenvalue weighted by molar-refractivity contribution is -0.384. The van der Waals surface area contributed by atoms with Crippen LogP contribution in [0, 0.1) is 17.0 Å². The van der Waals surface area contributed by atoms with Gasteiger partial charge in [-0.25, -0.2) is 4.79 Å². The van der Waals surface area contributed by atoms with E-state index >= 15 is 0 Å². The van der Waals surface area contributed by atoms with E-state index in [-0.39, 0.29) is 29.1 Å². The lowest BCUT2D eigenvalue weighted by Gasteiger charge is -2.02. The summed E-state index contributed by atoms with van der Waals surface area (Å²) in [6, 6.07) is 5.21. The van der Waals surface area contributed by atoms with Gasteiger partial charge in [0, 0.05) is 18.2 Å². The Kier molecular flexibility index (Phi) is 3.41. The Labute approximate surface area is 127 Å². The van der Waals surface area contributed by atoms with E-state index in [0.29, 0.717) is 5.76 Å². The molecule has 2 heterocycles. The number of nitrogens with one attached hydrogen (secondary N) is 1. The number of anilines is 1. The summed E-state index contributed by atoms with van der Waals surface area (Å²) >= 11 is 0. The maximum absolute atomic E-state index is 12.0. The van der Waals surface area contributed by atoms with Gasteiger partial charge in [0.15, 0.2) is 11.4 Å². The molecule has 0 aliphatic heterocycles. The number of amides is 1. The molecule has 3 aromatic rings. The van der Waals surface area contributed by atoms with Crippen LogP contribution in [0.1, 0.15) is 5.76 Å². The first kappa shape index (κ1) is 14.5. The topological polar surface area (TPSA) is 133 Å². The Morgan fingerprint density at radius 2 is 2.22 bits per heavy atom. The molecule has 0 aliphatic carbocycles. The van der Waals surface area contributed by atoms with Crippen LogP contribution < -0.4 is 11.1 Å². The van der Waals surface area contributed by atoms with E-state index < -0.39 is 16.6 Å². The smallest absolute Gasteiger partial charge is 0.408 e. The number of rotatable bonds is 4. The van der Waals surface area contributed by atoms with Crippen molar-refractivity contribution in [1.29, 1.82) is 0 Å². The highest BCUT2D eigenvalue weighted by Crippen LogP contribution is 2.20. The fourth-order valence-electron chi connectivity index (χ4n) is 2.07. The number of non-ortho nitro benzene ring substituents is 1. The second-order valence-electron chi connectivity index (χ2n) is 4.73. The van der Waals surface area contributed by atoms with Crippen LogP contribution in [0.5, 0.6) is 0 Å². The number of nitro groups is 1. The minimum absolute atomic E-state index is 0.158. The van der Waals surface area contributed by atoms with Crippen LogP contribution in [0.3, 0.4) is 0 Å². The number of nitrogens with zero attached hydrogens (tertiary/aromatic N) is 3. The third-order valence-electron chi connectivity index (χ3n) is 3.06. The SMILES string of the molecule is Cc1cc(NC(=O)Cn2c(=O)oc3ccc([N+](=O)[O-])cc32)no1. The van der Waals surface area contributed by atoms with Crippen molar-refractivity contribution >= 4 is 28.5 Å². The molecule has 118 valence electrons. The van der Waals surface area contributed by atoms with Gasteiger partial charge in [-0.05, 0) is 13.0 Å². The molecule has 23 heavy (non-hydrogen) atoms. The predicted molar refractivity (Wildman–Crippen MR) is 77.0 cm³/mol. The molecule has 10 heteroatoms. The van der Waals surface area contributed by atoms with E-state index in [2.05, 4.69) is 10.5 Å². The minimum atomic E-state index is -0.785. The first-order valence-electron chi connectivity index (χ1n) is 6.45. The zero-order valence-electron chi connectivity index (χ0n) is 11.8. The number of benzene rings is 1. The normalized spacial score (nSPS) is 10.8. The molecule has 10 nitrogen and oxygen atoms in total. The third kappa shape index (κ3) is 2.81. The molecule has 1 amide bonds. The average molecular weight is 318 g/mol. The summed E-state index contributed by atoms with van der Waals surface area (Å²) in [6.45, 7) is 1.29. The first-order chi connectivity index (χ1) is 10.9. The number of fused-ring (bicyclic) bond motifs is 1. The van der Waals surface area contributed by atoms with Gasteiger partial charge in [0.2, 0.25) is 5.91 Å². The van der Waals surface area contributed by atoms with E-state index in [1.165, 1.54) is 24.3 Å². The van der Waals surface area contributed by atoms with Gasteiger partial charge in [-0.1, -0.05) is 5.16 Å². The molecule has 1 aromatic carbocycles. The summed E-state index contributed by atoms with van der Waals surface area (Å²) in [6.07, 6.45) is 0. The van der Waals surface area contributed by atoms with E-state index in [1.807, 2.05) is 0 Å². The minimum Gasteiger partial charge on any atom is -0.408 e. The zero-order valence-corrected chi connectivity index (χ0v) is 11.8. The highest BCUT2D eigenvalue weighted by molar-refractivity contribution is 5.90. The highest BCUT2D eigenvalue weighted by atomic mass is 16.6. The molecule has 0 unspecified atom stereocenters. The molecule has 2 aromatic heterocycles. The quantitative estimate of drug-likeness (QED) is 0.568. The van der Waals surface area contributed by atoms with Crippen molar-refractivity contribution < 1.29 is 18.7 Å². The van der Waals surface area contributed by atoms with Gasteiger partial charge < -0.3 is 14.3 Å². The fourth-order valence-corrected chi connectivity index (χ4v) is 2.07. The van der Waals surface area contributed by atoms with Crippen molar-refractivity contribution in [2.75, 3.05) is 5.32 Å². The first-order valence-corrected chi connectivity index (χ1v) is 6.45. The number of aryl methyl sites for hydroxylation is 1. The van der Waals surface area contributed by atoms with E-state index in [1.54, 1.807) is 6.92 Å². The van der Waals surface area contributed by atoms with Gasteiger partial charge in [-0.3, -0.25) is 19.5 Å². The second kappa shape index (κ2) is 5.40. The molecule has 3 rings (SSSR count). The van der Waals surface area contributed by atoms with Crippen LogP contribution in [0.4, 0.5) is 11.5 Å². The lowest BCUT2D eigenvalue weighted by atomic mass is 10.3.